The minimum atomic E-state index is -0.0766. The Morgan fingerprint density at radius 3 is 1.81 bits per heavy atom. The quantitative estimate of drug-likeness (QED) is 0.0953. The molecule has 0 spiro atoms. The van der Waals surface area contributed by atoms with Crippen LogP contribution in [0.15, 0.2) is 11.6 Å². The molecule has 47 heavy (non-hydrogen) atoms. The Labute approximate surface area is 295 Å². The third-order valence-corrected chi connectivity index (χ3v) is 14.3. The molecule has 3 saturated carbocycles. The topological polar surface area (TPSA) is 40.5 Å². The number of rotatable bonds is 21. The van der Waals surface area contributed by atoms with Gasteiger partial charge in [0, 0.05) is 6.61 Å². The molecule has 2 heteroatoms. The summed E-state index contributed by atoms with van der Waals surface area (Å²) in [6.45, 7) is 15.2. The Bertz CT molecular complexity index is 831. The summed E-state index contributed by atoms with van der Waals surface area (Å²) in [5.74, 6) is 5.46. The Balaban J connectivity index is 0.000000279. The molecule has 0 heterocycles. The fourth-order valence-electron chi connectivity index (χ4n) is 11.3. The van der Waals surface area contributed by atoms with Gasteiger partial charge in [-0.2, -0.15) is 0 Å². The maximum Gasteiger partial charge on any atom is 0.0577 e. The zero-order chi connectivity index (χ0) is 34.1. The first-order valence-corrected chi connectivity index (χ1v) is 21.7. The van der Waals surface area contributed by atoms with Crippen molar-refractivity contribution >= 4 is 0 Å². The van der Waals surface area contributed by atoms with Crippen LogP contribution in [0.3, 0.4) is 0 Å². The van der Waals surface area contributed by atoms with Gasteiger partial charge in [-0.1, -0.05) is 169 Å². The molecule has 8 atom stereocenters. The van der Waals surface area contributed by atoms with E-state index in [1.807, 2.05) is 0 Å². The SMILES string of the molecule is CC(C)CCCC(C)[C@H]1CC[C@H]2[C@@H]3CC=C4C[C@@H](O)CC[C@]4(C)[C@H]3CC[C@]12C.CCCCCCCCCCCCCCCCCCO. The fourth-order valence-corrected chi connectivity index (χ4v) is 11.3. The molecule has 1 unspecified atom stereocenters. The van der Waals surface area contributed by atoms with E-state index in [9.17, 15) is 5.11 Å². The van der Waals surface area contributed by atoms with Gasteiger partial charge in [-0.3, -0.25) is 0 Å². The van der Waals surface area contributed by atoms with Gasteiger partial charge >= 0.3 is 0 Å². The molecule has 2 nitrogen and oxygen atoms in total. The minimum absolute atomic E-state index is 0.0766. The first kappa shape index (κ1) is 41.1. The molecule has 4 rings (SSSR count). The number of fused-ring (bicyclic) bond motifs is 5. The van der Waals surface area contributed by atoms with E-state index in [0.717, 1.165) is 54.8 Å². The van der Waals surface area contributed by atoms with E-state index in [-0.39, 0.29) is 6.10 Å². The second-order valence-electron chi connectivity index (χ2n) is 18.2. The first-order chi connectivity index (χ1) is 22.7. The lowest BCUT2D eigenvalue weighted by molar-refractivity contribution is -0.0573. The highest BCUT2D eigenvalue weighted by Gasteiger charge is 2.59. The van der Waals surface area contributed by atoms with Gasteiger partial charge in [0.15, 0.2) is 0 Å². The van der Waals surface area contributed by atoms with Crippen LogP contribution < -0.4 is 0 Å². The van der Waals surface area contributed by atoms with E-state index in [1.54, 1.807) is 5.57 Å². The van der Waals surface area contributed by atoms with Gasteiger partial charge in [-0.15, -0.1) is 0 Å². The Hall–Kier alpha value is -0.340. The molecule has 0 aromatic rings. The van der Waals surface area contributed by atoms with Gasteiger partial charge in [0.1, 0.15) is 0 Å². The number of aliphatic hydroxyl groups is 2. The average Bonchev–Trinajstić information content (AvgIpc) is 3.41. The second-order valence-corrected chi connectivity index (χ2v) is 18.2. The van der Waals surface area contributed by atoms with Gasteiger partial charge in [-0.05, 0) is 104 Å². The van der Waals surface area contributed by atoms with Crippen LogP contribution in [-0.4, -0.2) is 22.9 Å². The van der Waals surface area contributed by atoms with E-state index in [2.05, 4.69) is 47.6 Å². The Morgan fingerprint density at radius 2 is 1.26 bits per heavy atom. The van der Waals surface area contributed by atoms with Gasteiger partial charge < -0.3 is 10.2 Å². The zero-order valence-electron chi connectivity index (χ0n) is 32.8. The summed E-state index contributed by atoms with van der Waals surface area (Å²) in [4.78, 5) is 0. The third-order valence-electron chi connectivity index (χ3n) is 14.3. The Morgan fingerprint density at radius 1 is 0.681 bits per heavy atom. The summed E-state index contributed by atoms with van der Waals surface area (Å²) < 4.78 is 0. The van der Waals surface area contributed by atoms with Crippen molar-refractivity contribution in [1.82, 2.24) is 0 Å². The first-order valence-electron chi connectivity index (χ1n) is 21.7. The molecule has 3 fully saturated rings. The highest BCUT2D eigenvalue weighted by Crippen LogP contribution is 2.67. The molecular weight excluding hydrogens is 572 g/mol. The normalized spacial score (nSPS) is 32.2. The monoisotopic (exact) mass is 657 g/mol. The molecule has 0 saturated heterocycles. The molecule has 2 N–H and O–H groups in total. The maximum absolute atomic E-state index is 10.2. The molecule has 0 bridgehead atoms. The van der Waals surface area contributed by atoms with E-state index < -0.39 is 0 Å². The smallest absolute Gasteiger partial charge is 0.0577 e. The number of hydrogen-bond acceptors (Lipinski definition) is 2. The summed E-state index contributed by atoms with van der Waals surface area (Å²) in [6.07, 6.45) is 39.3. The van der Waals surface area contributed by atoms with Crippen molar-refractivity contribution in [3.8, 4) is 0 Å². The summed E-state index contributed by atoms with van der Waals surface area (Å²) in [7, 11) is 0. The van der Waals surface area contributed by atoms with E-state index in [0.29, 0.717) is 17.4 Å². The molecule has 0 aromatic carbocycles. The molecule has 0 amide bonds. The van der Waals surface area contributed by atoms with Gasteiger partial charge in [0.2, 0.25) is 0 Å². The highest BCUT2D eigenvalue weighted by atomic mass is 16.3. The number of allylic oxidation sites excluding steroid dienone is 1. The van der Waals surface area contributed by atoms with Crippen LogP contribution in [0, 0.1) is 46.3 Å². The van der Waals surface area contributed by atoms with Crippen LogP contribution in [0.25, 0.3) is 0 Å². The molecule has 4 aliphatic rings. The zero-order valence-corrected chi connectivity index (χ0v) is 32.8. The van der Waals surface area contributed by atoms with Crippen LogP contribution in [0.5, 0.6) is 0 Å². The second kappa shape index (κ2) is 21.8. The summed E-state index contributed by atoms with van der Waals surface area (Å²) >= 11 is 0. The van der Waals surface area contributed by atoms with Crippen LogP contribution in [-0.2, 0) is 0 Å². The predicted octanol–water partition coefficient (Wildman–Crippen LogP) is 13.6. The van der Waals surface area contributed by atoms with Crippen molar-refractivity contribution in [3.63, 3.8) is 0 Å². The largest absolute Gasteiger partial charge is 0.396 e. The van der Waals surface area contributed by atoms with Gasteiger partial charge in [0.05, 0.1) is 6.10 Å². The van der Waals surface area contributed by atoms with Crippen LogP contribution in [0.2, 0.25) is 0 Å². The molecule has 276 valence electrons. The van der Waals surface area contributed by atoms with E-state index in [1.165, 1.54) is 154 Å². The van der Waals surface area contributed by atoms with Gasteiger partial charge in [0.25, 0.3) is 0 Å². The van der Waals surface area contributed by atoms with E-state index >= 15 is 0 Å². The molecule has 4 aliphatic carbocycles. The summed E-state index contributed by atoms with van der Waals surface area (Å²) in [6, 6.07) is 0. The molecule has 0 aromatic heterocycles. The van der Waals surface area contributed by atoms with Crippen LogP contribution in [0.1, 0.15) is 215 Å². The predicted molar refractivity (Wildman–Crippen MR) is 206 cm³/mol. The summed E-state index contributed by atoms with van der Waals surface area (Å²) in [5, 5.41) is 18.9. The number of aliphatic hydroxyl groups excluding tert-OH is 2. The van der Waals surface area contributed by atoms with Crippen molar-refractivity contribution in [2.24, 2.45) is 46.3 Å². The van der Waals surface area contributed by atoms with Crippen molar-refractivity contribution in [2.75, 3.05) is 6.61 Å². The van der Waals surface area contributed by atoms with E-state index in [4.69, 9.17) is 5.11 Å². The standard InChI is InChI=1S/C27H46O.C18H38O/c1-18(2)7-6-8-19(3)23-11-12-24-22-10-9-20-17-21(28)13-15-26(20,4)25(22)14-16-27(23,24)5;1-2-3-4-5-6-7-8-9-10-11-12-13-14-15-16-17-18-19/h9,18-19,21-25,28H,6-8,10-17H2,1-5H3;19H,2-18H2,1H3/t19?,21-,22-,23+,24-,25-,26-,27+;/m0./s1. The van der Waals surface area contributed by atoms with Gasteiger partial charge in [-0.25, -0.2) is 0 Å². The highest BCUT2D eigenvalue weighted by molar-refractivity contribution is 5.25. The maximum atomic E-state index is 10.2. The molecule has 0 aliphatic heterocycles. The minimum Gasteiger partial charge on any atom is -0.396 e. The lowest BCUT2D eigenvalue weighted by Crippen LogP contribution is -2.50. The molecular formula is C45H84O2. The lowest BCUT2D eigenvalue weighted by atomic mass is 9.47. The molecule has 0 radical (unpaired) electrons. The summed E-state index contributed by atoms with van der Waals surface area (Å²) in [5.41, 5.74) is 2.60. The fraction of sp³-hybridized carbons (Fsp3) is 0.956. The number of hydrogen-bond donors (Lipinski definition) is 2. The van der Waals surface area contributed by atoms with Crippen LogP contribution in [0.4, 0.5) is 0 Å². The van der Waals surface area contributed by atoms with Crippen molar-refractivity contribution in [1.29, 1.82) is 0 Å². The lowest BCUT2D eigenvalue weighted by Gasteiger charge is -2.58. The van der Waals surface area contributed by atoms with Crippen LogP contribution >= 0.6 is 0 Å². The third kappa shape index (κ3) is 12.4. The van der Waals surface area contributed by atoms with Crippen molar-refractivity contribution in [2.45, 2.75) is 221 Å². The average molecular weight is 657 g/mol. The van der Waals surface area contributed by atoms with Crippen molar-refractivity contribution < 1.29 is 10.2 Å². The van der Waals surface area contributed by atoms with Crippen molar-refractivity contribution in [3.05, 3.63) is 11.6 Å². The Kier molecular flexibility index (Phi) is 19.0. The number of unbranched alkanes of at least 4 members (excludes halogenated alkanes) is 15.